The van der Waals surface area contributed by atoms with Gasteiger partial charge in [0.25, 0.3) is 0 Å². The normalized spacial score (nSPS) is 41.5. The summed E-state index contributed by atoms with van der Waals surface area (Å²) in [7, 11) is 0. The predicted octanol–water partition coefficient (Wildman–Crippen LogP) is 0.444. The van der Waals surface area contributed by atoms with Gasteiger partial charge < -0.3 is 15.4 Å². The highest BCUT2D eigenvalue weighted by atomic mass is 16.5. The quantitative estimate of drug-likeness (QED) is 0.677. The van der Waals surface area contributed by atoms with E-state index in [1.807, 2.05) is 0 Å². The van der Waals surface area contributed by atoms with Gasteiger partial charge in [-0.15, -0.1) is 0 Å². The van der Waals surface area contributed by atoms with Crippen LogP contribution in [0.1, 0.15) is 19.8 Å². The molecule has 76 valence electrons. The Balaban J connectivity index is 1.77. The molecular formula is C10H20N2O. The first kappa shape index (κ1) is 9.44. The first-order valence-corrected chi connectivity index (χ1v) is 5.35. The molecule has 3 atom stereocenters. The fourth-order valence-electron chi connectivity index (χ4n) is 2.38. The second kappa shape index (κ2) is 3.95. The number of hydrogen-bond acceptors (Lipinski definition) is 3. The van der Waals surface area contributed by atoms with E-state index in [4.69, 9.17) is 10.5 Å². The molecule has 0 bridgehead atoms. The third-order valence-electron chi connectivity index (χ3n) is 3.33. The summed E-state index contributed by atoms with van der Waals surface area (Å²) < 4.78 is 5.54. The number of ether oxygens (including phenoxy) is 1. The largest absolute Gasteiger partial charge is 0.378 e. The molecule has 2 saturated heterocycles. The number of rotatable bonds is 2. The second-order valence-corrected chi connectivity index (χ2v) is 4.43. The smallest absolute Gasteiger partial charge is 0.0588 e. The molecule has 2 aliphatic rings. The van der Waals surface area contributed by atoms with Crippen molar-refractivity contribution >= 4 is 0 Å². The van der Waals surface area contributed by atoms with E-state index >= 15 is 0 Å². The number of hydrogen-bond donors (Lipinski definition) is 1. The van der Waals surface area contributed by atoms with E-state index in [1.54, 1.807) is 0 Å². The first-order valence-electron chi connectivity index (χ1n) is 5.35. The van der Waals surface area contributed by atoms with Crippen LogP contribution < -0.4 is 5.73 Å². The van der Waals surface area contributed by atoms with Crippen molar-refractivity contribution in [2.24, 2.45) is 11.7 Å². The molecule has 0 aromatic rings. The van der Waals surface area contributed by atoms with E-state index in [0.717, 1.165) is 19.1 Å². The topological polar surface area (TPSA) is 38.5 Å². The van der Waals surface area contributed by atoms with Gasteiger partial charge in [0.2, 0.25) is 0 Å². The average Bonchev–Trinajstić information content (AvgIpc) is 2.64. The second-order valence-electron chi connectivity index (χ2n) is 4.43. The summed E-state index contributed by atoms with van der Waals surface area (Å²) in [6.07, 6.45) is 2.85. The van der Waals surface area contributed by atoms with Crippen LogP contribution in [-0.4, -0.2) is 43.3 Å². The molecule has 13 heavy (non-hydrogen) atoms. The van der Waals surface area contributed by atoms with E-state index in [2.05, 4.69) is 11.8 Å². The standard InChI is InChI=1S/C10H20N2O/c1-8-9(3-5-13-8)6-12-4-2-10(11)7-12/h8-10H,2-7,11H2,1H3. The fraction of sp³-hybridized carbons (Fsp3) is 1.00. The lowest BCUT2D eigenvalue weighted by atomic mass is 10.0. The minimum absolute atomic E-state index is 0.414. The van der Waals surface area contributed by atoms with Crippen molar-refractivity contribution in [3.05, 3.63) is 0 Å². The molecule has 2 N–H and O–H groups in total. The van der Waals surface area contributed by atoms with Crippen LogP contribution in [0.15, 0.2) is 0 Å². The predicted molar refractivity (Wildman–Crippen MR) is 52.6 cm³/mol. The Morgan fingerprint density at radius 2 is 2.31 bits per heavy atom. The lowest BCUT2D eigenvalue weighted by molar-refractivity contribution is 0.0956. The SMILES string of the molecule is CC1OCCC1CN1CCC(N)C1. The summed E-state index contributed by atoms with van der Waals surface area (Å²) in [6.45, 7) is 6.60. The van der Waals surface area contributed by atoms with Gasteiger partial charge >= 0.3 is 0 Å². The third-order valence-corrected chi connectivity index (χ3v) is 3.33. The van der Waals surface area contributed by atoms with Crippen molar-refractivity contribution in [2.45, 2.75) is 31.9 Å². The van der Waals surface area contributed by atoms with Crippen LogP contribution >= 0.6 is 0 Å². The summed E-state index contributed by atoms with van der Waals surface area (Å²) in [5.41, 5.74) is 5.86. The van der Waals surface area contributed by atoms with Crippen LogP contribution in [0.4, 0.5) is 0 Å². The molecule has 0 aliphatic carbocycles. The van der Waals surface area contributed by atoms with Crippen LogP contribution in [-0.2, 0) is 4.74 Å². The Bertz CT molecular complexity index is 174. The summed E-state index contributed by atoms with van der Waals surface area (Å²) in [5, 5.41) is 0. The highest BCUT2D eigenvalue weighted by Gasteiger charge is 2.28. The van der Waals surface area contributed by atoms with E-state index < -0.39 is 0 Å². The zero-order chi connectivity index (χ0) is 9.26. The Labute approximate surface area is 80.2 Å². The van der Waals surface area contributed by atoms with Gasteiger partial charge in [0.1, 0.15) is 0 Å². The minimum atomic E-state index is 0.414. The van der Waals surface area contributed by atoms with Gasteiger partial charge in [-0.3, -0.25) is 0 Å². The fourth-order valence-corrected chi connectivity index (χ4v) is 2.38. The van der Waals surface area contributed by atoms with Crippen LogP contribution in [0, 0.1) is 5.92 Å². The maximum absolute atomic E-state index is 5.86. The Morgan fingerprint density at radius 1 is 1.46 bits per heavy atom. The van der Waals surface area contributed by atoms with Crippen molar-refractivity contribution in [3.8, 4) is 0 Å². The Kier molecular flexibility index (Phi) is 2.86. The van der Waals surface area contributed by atoms with Crippen LogP contribution in [0.2, 0.25) is 0 Å². The van der Waals surface area contributed by atoms with Crippen LogP contribution in [0.3, 0.4) is 0 Å². The van der Waals surface area contributed by atoms with E-state index in [1.165, 1.54) is 25.9 Å². The molecule has 0 radical (unpaired) electrons. The zero-order valence-electron chi connectivity index (χ0n) is 8.41. The van der Waals surface area contributed by atoms with Crippen molar-refractivity contribution in [1.29, 1.82) is 0 Å². The third kappa shape index (κ3) is 2.22. The van der Waals surface area contributed by atoms with E-state index in [-0.39, 0.29) is 0 Å². The van der Waals surface area contributed by atoms with Gasteiger partial charge in [-0.05, 0) is 32.2 Å². The van der Waals surface area contributed by atoms with Gasteiger partial charge in [-0.2, -0.15) is 0 Å². The van der Waals surface area contributed by atoms with E-state index in [9.17, 15) is 0 Å². The highest BCUT2D eigenvalue weighted by Crippen LogP contribution is 2.22. The molecule has 3 heteroatoms. The molecule has 0 aromatic carbocycles. The first-order chi connectivity index (χ1) is 6.25. The average molecular weight is 184 g/mol. The molecule has 0 amide bonds. The minimum Gasteiger partial charge on any atom is -0.378 e. The molecular weight excluding hydrogens is 164 g/mol. The van der Waals surface area contributed by atoms with Crippen molar-refractivity contribution < 1.29 is 4.74 Å². The van der Waals surface area contributed by atoms with Crippen molar-refractivity contribution in [2.75, 3.05) is 26.2 Å². The maximum Gasteiger partial charge on any atom is 0.0588 e. The maximum atomic E-state index is 5.86. The summed E-state index contributed by atoms with van der Waals surface area (Å²) in [6, 6.07) is 0.414. The highest BCUT2D eigenvalue weighted by molar-refractivity contribution is 4.82. The lowest BCUT2D eigenvalue weighted by Crippen LogP contribution is -2.32. The summed E-state index contributed by atoms with van der Waals surface area (Å²) in [5.74, 6) is 0.741. The molecule has 0 saturated carbocycles. The molecule has 2 rings (SSSR count). The molecule has 3 unspecified atom stereocenters. The van der Waals surface area contributed by atoms with Gasteiger partial charge in [0, 0.05) is 25.7 Å². The molecule has 0 spiro atoms. The molecule has 2 fully saturated rings. The molecule has 0 aromatic heterocycles. The number of nitrogens with zero attached hydrogens (tertiary/aromatic N) is 1. The van der Waals surface area contributed by atoms with Crippen molar-refractivity contribution in [3.63, 3.8) is 0 Å². The Morgan fingerprint density at radius 3 is 2.85 bits per heavy atom. The summed E-state index contributed by atoms with van der Waals surface area (Å²) >= 11 is 0. The number of nitrogens with two attached hydrogens (primary N) is 1. The zero-order valence-corrected chi connectivity index (χ0v) is 8.41. The lowest BCUT2D eigenvalue weighted by Gasteiger charge is -2.21. The monoisotopic (exact) mass is 184 g/mol. The van der Waals surface area contributed by atoms with E-state index in [0.29, 0.717) is 12.1 Å². The summed E-state index contributed by atoms with van der Waals surface area (Å²) in [4.78, 5) is 2.49. The van der Waals surface area contributed by atoms with Crippen LogP contribution in [0.25, 0.3) is 0 Å². The molecule has 2 heterocycles. The number of likely N-dealkylation sites (tertiary alicyclic amines) is 1. The van der Waals surface area contributed by atoms with Crippen molar-refractivity contribution in [1.82, 2.24) is 4.90 Å². The van der Waals surface area contributed by atoms with Crippen LogP contribution in [0.5, 0.6) is 0 Å². The van der Waals surface area contributed by atoms with Gasteiger partial charge in [0.15, 0.2) is 0 Å². The molecule has 3 nitrogen and oxygen atoms in total. The van der Waals surface area contributed by atoms with Gasteiger partial charge in [0.05, 0.1) is 6.10 Å². The van der Waals surface area contributed by atoms with Gasteiger partial charge in [-0.1, -0.05) is 0 Å². The van der Waals surface area contributed by atoms with Gasteiger partial charge in [-0.25, -0.2) is 0 Å². The Hall–Kier alpha value is -0.120. The molecule has 2 aliphatic heterocycles.